The van der Waals surface area contributed by atoms with Gasteiger partial charge in [-0.25, -0.2) is 0 Å². The molecule has 0 aliphatic carbocycles. The first-order valence-electron chi connectivity index (χ1n) is 12.5. The fraction of sp³-hybridized carbons (Fsp3) is 0.172. The number of Topliss-reactive ketones (excluding diaryl/α,β-unsaturated/α-hetero) is 1. The standard InChI is InChI=1S/C29H22ClN3O6S2/c1-37-19-9-6-16(7-10-19)24-23(25(34)17-8-11-21-22(14-17)39-13-12-38-21)26(35)27(36)33(24)28-31-32-29(41-28)40-15-18-4-2-3-5-20(18)30/h2-11,14,24,34H,12-13,15H2,1H3/b25-23-. The molecule has 0 radical (unpaired) electrons. The Labute approximate surface area is 248 Å². The predicted molar refractivity (Wildman–Crippen MR) is 156 cm³/mol. The van der Waals surface area contributed by atoms with Gasteiger partial charge in [-0.3, -0.25) is 14.5 Å². The van der Waals surface area contributed by atoms with Crippen LogP contribution in [0.3, 0.4) is 0 Å². The number of aliphatic hydroxyl groups is 1. The second-order valence-electron chi connectivity index (χ2n) is 9.03. The van der Waals surface area contributed by atoms with E-state index in [4.69, 9.17) is 25.8 Å². The van der Waals surface area contributed by atoms with Crippen LogP contribution in [0.2, 0.25) is 5.02 Å². The van der Waals surface area contributed by atoms with Crippen molar-refractivity contribution in [1.29, 1.82) is 0 Å². The number of hydrogen-bond donors (Lipinski definition) is 1. The summed E-state index contributed by atoms with van der Waals surface area (Å²) in [5.41, 5.74) is 1.77. The highest BCUT2D eigenvalue weighted by molar-refractivity contribution is 8.00. The molecule has 1 saturated heterocycles. The van der Waals surface area contributed by atoms with Gasteiger partial charge in [-0.1, -0.05) is 65.0 Å². The van der Waals surface area contributed by atoms with Crippen molar-refractivity contribution in [2.75, 3.05) is 25.2 Å². The maximum Gasteiger partial charge on any atom is 0.301 e. The van der Waals surface area contributed by atoms with Gasteiger partial charge in [0.15, 0.2) is 15.8 Å². The molecule has 3 heterocycles. The number of anilines is 1. The van der Waals surface area contributed by atoms with Crippen LogP contribution in [-0.2, 0) is 15.3 Å². The molecule has 1 aromatic heterocycles. The van der Waals surface area contributed by atoms with Gasteiger partial charge >= 0.3 is 5.91 Å². The van der Waals surface area contributed by atoms with E-state index in [1.165, 1.54) is 28.0 Å². The molecule has 2 aliphatic heterocycles. The van der Waals surface area contributed by atoms with E-state index in [0.717, 1.165) is 5.56 Å². The molecule has 1 N–H and O–H groups in total. The number of amides is 1. The number of fused-ring (bicyclic) bond motifs is 1. The Kier molecular flexibility index (Phi) is 7.57. The molecule has 41 heavy (non-hydrogen) atoms. The van der Waals surface area contributed by atoms with Gasteiger partial charge in [0.1, 0.15) is 24.7 Å². The van der Waals surface area contributed by atoms with Crippen LogP contribution in [-0.4, -0.2) is 47.3 Å². The van der Waals surface area contributed by atoms with E-state index < -0.39 is 17.7 Å². The molecule has 0 saturated carbocycles. The van der Waals surface area contributed by atoms with Gasteiger partial charge in [-0.05, 0) is 47.5 Å². The lowest BCUT2D eigenvalue weighted by Gasteiger charge is -2.23. The zero-order valence-electron chi connectivity index (χ0n) is 21.6. The Morgan fingerprint density at radius 3 is 2.59 bits per heavy atom. The zero-order valence-corrected chi connectivity index (χ0v) is 24.0. The van der Waals surface area contributed by atoms with E-state index in [9.17, 15) is 14.7 Å². The number of rotatable bonds is 7. The van der Waals surface area contributed by atoms with Crippen LogP contribution in [0.15, 0.2) is 76.6 Å². The number of nitrogens with zero attached hydrogens (tertiary/aromatic N) is 3. The number of carbonyl (C=O) groups excluding carboxylic acids is 2. The molecule has 1 amide bonds. The second-order valence-corrected chi connectivity index (χ2v) is 11.6. The molecule has 6 rings (SSSR count). The molecule has 1 fully saturated rings. The summed E-state index contributed by atoms with van der Waals surface area (Å²) >= 11 is 8.89. The number of benzene rings is 3. The van der Waals surface area contributed by atoms with Crippen LogP contribution in [0.5, 0.6) is 17.2 Å². The Hall–Kier alpha value is -4.06. The molecule has 1 atom stereocenters. The largest absolute Gasteiger partial charge is 0.507 e. The first-order chi connectivity index (χ1) is 19.9. The molecule has 208 valence electrons. The van der Waals surface area contributed by atoms with E-state index in [2.05, 4.69) is 10.2 Å². The molecule has 4 aromatic rings. The van der Waals surface area contributed by atoms with Crippen LogP contribution >= 0.6 is 34.7 Å². The van der Waals surface area contributed by atoms with Gasteiger partial charge in [-0.15, -0.1) is 10.2 Å². The second kappa shape index (κ2) is 11.4. The summed E-state index contributed by atoms with van der Waals surface area (Å²) in [5, 5.41) is 20.8. The summed E-state index contributed by atoms with van der Waals surface area (Å²) in [6.07, 6.45) is 0. The Balaban J connectivity index is 1.39. The van der Waals surface area contributed by atoms with Crippen molar-refractivity contribution in [3.8, 4) is 17.2 Å². The monoisotopic (exact) mass is 607 g/mol. The summed E-state index contributed by atoms with van der Waals surface area (Å²) < 4.78 is 17.1. The Morgan fingerprint density at radius 2 is 1.83 bits per heavy atom. The highest BCUT2D eigenvalue weighted by atomic mass is 35.5. The highest BCUT2D eigenvalue weighted by Gasteiger charge is 2.48. The lowest BCUT2D eigenvalue weighted by Crippen LogP contribution is -2.29. The van der Waals surface area contributed by atoms with Crippen LogP contribution in [0.1, 0.15) is 22.7 Å². The third-order valence-corrected chi connectivity index (χ3v) is 9.08. The van der Waals surface area contributed by atoms with E-state index in [0.29, 0.717) is 56.7 Å². The van der Waals surface area contributed by atoms with Crippen molar-refractivity contribution in [2.45, 2.75) is 16.1 Å². The van der Waals surface area contributed by atoms with E-state index in [-0.39, 0.29) is 16.5 Å². The number of thioether (sulfide) groups is 1. The average Bonchev–Trinajstić information content (AvgIpc) is 3.58. The normalized spacial score (nSPS) is 17.6. The van der Waals surface area contributed by atoms with Crippen LogP contribution < -0.4 is 19.1 Å². The highest BCUT2D eigenvalue weighted by Crippen LogP contribution is 2.45. The summed E-state index contributed by atoms with van der Waals surface area (Å²) in [7, 11) is 1.55. The third kappa shape index (κ3) is 5.23. The molecule has 1 unspecified atom stereocenters. The summed E-state index contributed by atoms with van der Waals surface area (Å²) in [6, 6.07) is 18.4. The van der Waals surface area contributed by atoms with Gasteiger partial charge < -0.3 is 19.3 Å². The average molecular weight is 608 g/mol. The Bertz CT molecular complexity index is 1670. The number of carbonyl (C=O) groups is 2. The summed E-state index contributed by atoms with van der Waals surface area (Å²) in [5.74, 6) is 0.158. The number of methoxy groups -OCH3 is 1. The Morgan fingerprint density at radius 1 is 1.07 bits per heavy atom. The van der Waals surface area contributed by atoms with E-state index in [1.807, 2.05) is 24.3 Å². The lowest BCUT2D eigenvalue weighted by atomic mass is 9.95. The quantitative estimate of drug-likeness (QED) is 0.0903. The van der Waals surface area contributed by atoms with Crippen molar-refractivity contribution in [3.05, 3.63) is 94.0 Å². The van der Waals surface area contributed by atoms with Gasteiger partial charge in [0.2, 0.25) is 5.13 Å². The van der Waals surface area contributed by atoms with Crippen molar-refractivity contribution in [2.24, 2.45) is 0 Å². The molecule has 3 aromatic carbocycles. The first kappa shape index (κ1) is 27.1. The summed E-state index contributed by atoms with van der Waals surface area (Å²) in [4.78, 5) is 28.3. The minimum absolute atomic E-state index is 0.0719. The van der Waals surface area contributed by atoms with Gasteiger partial charge in [0.05, 0.1) is 18.7 Å². The zero-order chi connectivity index (χ0) is 28.5. The van der Waals surface area contributed by atoms with Gasteiger partial charge in [0.25, 0.3) is 5.78 Å². The maximum atomic E-state index is 13.5. The number of ketones is 1. The molecule has 12 heteroatoms. The molecular weight excluding hydrogens is 586 g/mol. The SMILES string of the molecule is COc1ccc(C2/C(=C(/O)c3ccc4c(c3)OCCO4)C(=O)C(=O)N2c2nnc(SCc3ccccc3Cl)s2)cc1. The van der Waals surface area contributed by atoms with Crippen molar-refractivity contribution >= 4 is 57.3 Å². The van der Waals surface area contributed by atoms with Gasteiger partial charge in [-0.2, -0.15) is 0 Å². The number of aliphatic hydroxyl groups excluding tert-OH is 1. The topological polar surface area (TPSA) is 111 Å². The fourth-order valence-corrected chi connectivity index (χ4v) is 6.74. The molecule has 2 aliphatic rings. The predicted octanol–water partition coefficient (Wildman–Crippen LogP) is 5.89. The van der Waals surface area contributed by atoms with E-state index >= 15 is 0 Å². The van der Waals surface area contributed by atoms with Crippen molar-refractivity contribution in [3.63, 3.8) is 0 Å². The van der Waals surface area contributed by atoms with E-state index in [1.54, 1.807) is 49.6 Å². The number of halogens is 1. The fourth-order valence-electron chi connectivity index (χ4n) is 4.59. The number of aromatic nitrogens is 2. The lowest BCUT2D eigenvalue weighted by molar-refractivity contribution is -0.132. The minimum Gasteiger partial charge on any atom is -0.507 e. The third-order valence-electron chi connectivity index (χ3n) is 6.60. The summed E-state index contributed by atoms with van der Waals surface area (Å²) in [6.45, 7) is 0.781. The molecule has 0 spiro atoms. The van der Waals surface area contributed by atoms with Crippen LogP contribution in [0.25, 0.3) is 5.76 Å². The minimum atomic E-state index is -0.955. The van der Waals surface area contributed by atoms with Crippen LogP contribution in [0, 0.1) is 0 Å². The number of hydrogen-bond acceptors (Lipinski definition) is 10. The van der Waals surface area contributed by atoms with Crippen molar-refractivity contribution < 1.29 is 28.9 Å². The molecular formula is C29H22ClN3O6S2. The maximum absolute atomic E-state index is 13.5. The first-order valence-corrected chi connectivity index (χ1v) is 14.7. The van der Waals surface area contributed by atoms with Crippen LogP contribution in [0.4, 0.5) is 5.13 Å². The van der Waals surface area contributed by atoms with Gasteiger partial charge in [0, 0.05) is 16.3 Å². The smallest absolute Gasteiger partial charge is 0.301 e. The van der Waals surface area contributed by atoms with Crippen molar-refractivity contribution in [1.82, 2.24) is 10.2 Å². The molecule has 9 nitrogen and oxygen atoms in total. The molecule has 0 bridgehead atoms. The number of ether oxygens (including phenoxy) is 3.